The van der Waals surface area contributed by atoms with Gasteiger partial charge < -0.3 is 4.74 Å². The summed E-state index contributed by atoms with van der Waals surface area (Å²) in [6.07, 6.45) is 0. The van der Waals surface area contributed by atoms with Gasteiger partial charge >= 0.3 is 0 Å². The van der Waals surface area contributed by atoms with Crippen LogP contribution in [0.25, 0.3) is 0 Å². The van der Waals surface area contributed by atoms with E-state index in [1.807, 2.05) is 0 Å². The highest BCUT2D eigenvalue weighted by atomic mass is 35.5. The maximum Gasteiger partial charge on any atom is 0.269 e. The molecule has 1 aromatic heterocycles. The molecule has 0 saturated heterocycles. The van der Waals surface area contributed by atoms with Gasteiger partial charge in [0, 0.05) is 22.9 Å². The number of nitro groups is 1. The maximum atomic E-state index is 12.0. The van der Waals surface area contributed by atoms with E-state index >= 15 is 0 Å². The van der Waals surface area contributed by atoms with Gasteiger partial charge in [-0.2, -0.15) is 0 Å². The molecule has 3 rings (SSSR count). The normalized spacial score (nSPS) is 10.6. The largest absolute Gasteiger partial charge is 0.482 e. The van der Waals surface area contributed by atoms with E-state index in [1.54, 1.807) is 24.3 Å². The summed E-state index contributed by atoms with van der Waals surface area (Å²) < 4.78 is 5.98. The van der Waals surface area contributed by atoms with Crippen molar-refractivity contribution in [1.29, 1.82) is 0 Å². The number of rotatable bonds is 8. The Labute approximate surface area is 183 Å². The number of hydrogen-bond donors (Lipinski definition) is 1. The minimum absolute atomic E-state index is 0.0362. The fraction of sp³-hybridized carbons (Fsp3) is 0.118. The number of thioether (sulfide) groups is 1. The molecule has 0 saturated carbocycles. The van der Waals surface area contributed by atoms with Gasteiger partial charge in [0.05, 0.1) is 9.95 Å². The summed E-state index contributed by atoms with van der Waals surface area (Å²) in [4.78, 5) is 22.4. The highest BCUT2D eigenvalue weighted by Crippen LogP contribution is 2.30. The van der Waals surface area contributed by atoms with E-state index in [-0.39, 0.29) is 12.3 Å². The van der Waals surface area contributed by atoms with Crippen LogP contribution in [0.2, 0.25) is 10.0 Å². The molecule has 1 N–H and O–H groups in total. The van der Waals surface area contributed by atoms with Gasteiger partial charge in [-0.1, -0.05) is 58.4 Å². The summed E-state index contributed by atoms with van der Waals surface area (Å²) in [6.45, 7) is -0.253. The number of carbonyl (C=O) groups is 1. The second-order valence-electron chi connectivity index (χ2n) is 5.50. The molecule has 0 atom stereocenters. The summed E-state index contributed by atoms with van der Waals surface area (Å²) in [5.74, 6) is 0.418. The molecule has 0 unspecified atom stereocenters. The smallest absolute Gasteiger partial charge is 0.269 e. The number of nitrogens with zero attached hydrogens (tertiary/aromatic N) is 3. The number of nitrogens with one attached hydrogen (secondary N) is 1. The molecule has 0 aliphatic carbocycles. The molecule has 8 nitrogen and oxygen atoms in total. The second-order valence-corrected chi connectivity index (χ2v) is 8.54. The van der Waals surface area contributed by atoms with Crippen LogP contribution in [-0.2, 0) is 10.5 Å². The lowest BCUT2D eigenvalue weighted by atomic mass is 10.2. The highest BCUT2D eigenvalue weighted by Gasteiger charge is 2.12. The molecular formula is C17H12Cl2N4O4S2. The van der Waals surface area contributed by atoms with Crippen molar-refractivity contribution < 1.29 is 14.5 Å². The lowest BCUT2D eigenvalue weighted by molar-refractivity contribution is -0.384. The number of non-ortho nitro benzene ring substituents is 1. The Morgan fingerprint density at radius 3 is 2.83 bits per heavy atom. The van der Waals surface area contributed by atoms with Crippen molar-refractivity contribution in [3.05, 3.63) is 68.2 Å². The quantitative estimate of drug-likeness (QED) is 0.212. The molecule has 0 aliphatic rings. The maximum absolute atomic E-state index is 12.0. The minimum Gasteiger partial charge on any atom is -0.482 e. The van der Waals surface area contributed by atoms with Crippen molar-refractivity contribution in [2.45, 2.75) is 10.1 Å². The van der Waals surface area contributed by atoms with Crippen LogP contribution in [0, 0.1) is 10.1 Å². The van der Waals surface area contributed by atoms with E-state index < -0.39 is 10.8 Å². The molecule has 0 radical (unpaired) electrons. The van der Waals surface area contributed by atoms with E-state index in [2.05, 4.69) is 15.5 Å². The summed E-state index contributed by atoms with van der Waals surface area (Å²) >= 11 is 14.4. The molecule has 1 amide bonds. The van der Waals surface area contributed by atoms with Crippen LogP contribution in [-0.4, -0.2) is 27.6 Å². The lowest BCUT2D eigenvalue weighted by Gasteiger charge is -2.07. The Morgan fingerprint density at radius 2 is 2.07 bits per heavy atom. The van der Waals surface area contributed by atoms with Crippen molar-refractivity contribution in [2.75, 3.05) is 11.9 Å². The van der Waals surface area contributed by atoms with Gasteiger partial charge in [-0.3, -0.25) is 20.2 Å². The van der Waals surface area contributed by atoms with Gasteiger partial charge in [0.2, 0.25) is 5.13 Å². The molecule has 12 heteroatoms. The summed E-state index contributed by atoms with van der Waals surface area (Å²) in [5, 5.41) is 22.4. The Kier molecular flexibility index (Phi) is 7.26. The average molecular weight is 471 g/mol. The number of ether oxygens (including phenoxy) is 1. The number of carbonyl (C=O) groups excluding carboxylic acids is 1. The zero-order chi connectivity index (χ0) is 20.8. The van der Waals surface area contributed by atoms with Gasteiger partial charge in [0.25, 0.3) is 11.6 Å². The first-order valence-corrected chi connectivity index (χ1v) is 10.5. The van der Waals surface area contributed by atoms with Crippen LogP contribution in [0.15, 0.2) is 46.8 Å². The number of hydrogen-bond acceptors (Lipinski definition) is 8. The van der Waals surface area contributed by atoms with Crippen LogP contribution in [0.3, 0.4) is 0 Å². The number of amides is 1. The van der Waals surface area contributed by atoms with Gasteiger partial charge in [0.1, 0.15) is 5.75 Å². The SMILES string of the molecule is O=C(COc1ccc(Cl)cc1Cl)Nc1nnc(SCc2cccc([N+](=O)[O-])c2)s1. The fourth-order valence-electron chi connectivity index (χ4n) is 2.11. The molecule has 2 aromatic carbocycles. The summed E-state index contributed by atoms with van der Waals surface area (Å²) in [6, 6.07) is 11.1. The van der Waals surface area contributed by atoms with Crippen molar-refractivity contribution in [1.82, 2.24) is 10.2 Å². The molecule has 1 heterocycles. The zero-order valence-electron chi connectivity index (χ0n) is 14.5. The van der Waals surface area contributed by atoms with Gasteiger partial charge in [-0.05, 0) is 23.8 Å². The molecule has 0 bridgehead atoms. The Hall–Kier alpha value is -2.40. The first-order valence-electron chi connectivity index (χ1n) is 7.98. The zero-order valence-corrected chi connectivity index (χ0v) is 17.6. The lowest BCUT2D eigenvalue weighted by Crippen LogP contribution is -2.20. The van der Waals surface area contributed by atoms with E-state index in [0.717, 1.165) is 5.56 Å². The van der Waals surface area contributed by atoms with E-state index in [9.17, 15) is 14.9 Å². The van der Waals surface area contributed by atoms with Crippen molar-refractivity contribution in [2.24, 2.45) is 0 Å². The second kappa shape index (κ2) is 9.88. The average Bonchev–Trinajstić information content (AvgIpc) is 3.13. The van der Waals surface area contributed by atoms with E-state index in [1.165, 1.54) is 41.3 Å². The van der Waals surface area contributed by atoms with Crippen molar-refractivity contribution in [3.63, 3.8) is 0 Å². The third-order valence-corrected chi connectivity index (χ3v) is 5.96. The van der Waals surface area contributed by atoms with Crippen LogP contribution >= 0.6 is 46.3 Å². The molecule has 3 aromatic rings. The van der Waals surface area contributed by atoms with Crippen LogP contribution in [0.1, 0.15) is 5.56 Å². The number of nitro benzene ring substituents is 1. The number of benzene rings is 2. The molecule has 150 valence electrons. The van der Waals surface area contributed by atoms with Crippen molar-refractivity contribution >= 4 is 63.0 Å². The predicted molar refractivity (Wildman–Crippen MR) is 113 cm³/mol. The predicted octanol–water partition coefficient (Wildman–Crippen LogP) is 5.06. The number of halogens is 2. The standard InChI is InChI=1S/C17H12Cl2N4O4S2/c18-11-4-5-14(13(19)7-11)27-8-15(24)20-16-21-22-17(29-16)28-9-10-2-1-3-12(6-10)23(25)26/h1-7H,8-9H2,(H,20,21,24). The van der Waals surface area contributed by atoms with Gasteiger partial charge in [-0.15, -0.1) is 10.2 Å². The molecule has 0 aliphatic heterocycles. The van der Waals surface area contributed by atoms with E-state index in [4.69, 9.17) is 27.9 Å². The van der Waals surface area contributed by atoms with Gasteiger partial charge in [-0.25, -0.2) is 0 Å². The van der Waals surface area contributed by atoms with Crippen LogP contribution in [0.4, 0.5) is 10.8 Å². The van der Waals surface area contributed by atoms with Crippen LogP contribution in [0.5, 0.6) is 5.75 Å². The fourth-order valence-corrected chi connectivity index (χ4v) is 4.29. The Bertz CT molecular complexity index is 1050. The third-order valence-electron chi connectivity index (χ3n) is 3.39. The summed E-state index contributed by atoms with van der Waals surface area (Å²) in [5.41, 5.74) is 0.826. The van der Waals surface area contributed by atoms with Crippen LogP contribution < -0.4 is 10.1 Å². The first kappa shape index (κ1) is 21.3. The molecule has 0 fully saturated rings. The Balaban J connectivity index is 1.50. The third kappa shape index (κ3) is 6.29. The number of anilines is 1. The van der Waals surface area contributed by atoms with Gasteiger partial charge in [0.15, 0.2) is 10.9 Å². The first-order chi connectivity index (χ1) is 13.9. The van der Waals surface area contributed by atoms with E-state index in [0.29, 0.717) is 31.0 Å². The topological polar surface area (TPSA) is 107 Å². The molecular weight excluding hydrogens is 459 g/mol. The highest BCUT2D eigenvalue weighted by molar-refractivity contribution is 8.00. The Morgan fingerprint density at radius 1 is 1.24 bits per heavy atom. The monoisotopic (exact) mass is 470 g/mol. The molecule has 29 heavy (non-hydrogen) atoms. The van der Waals surface area contributed by atoms with Crippen molar-refractivity contribution in [3.8, 4) is 5.75 Å². The minimum atomic E-state index is -0.438. The summed E-state index contributed by atoms with van der Waals surface area (Å²) in [7, 11) is 0. The number of aromatic nitrogens is 2. The molecule has 0 spiro atoms.